The van der Waals surface area contributed by atoms with Crippen molar-refractivity contribution >= 4 is 39.3 Å². The molecule has 0 saturated carbocycles. The van der Waals surface area contributed by atoms with Crippen LogP contribution in [-0.2, 0) is 0 Å². The lowest BCUT2D eigenvalue weighted by atomic mass is 9.87. The monoisotopic (exact) mass is 439 g/mol. The summed E-state index contributed by atoms with van der Waals surface area (Å²) in [4.78, 5) is 14.7. The number of halogens is 1. The van der Waals surface area contributed by atoms with E-state index in [1.165, 1.54) is 16.8 Å². The number of aryl methyl sites for hydroxylation is 1. The molecule has 0 atom stereocenters. The molecule has 0 aromatic heterocycles. The molecule has 0 aliphatic carbocycles. The summed E-state index contributed by atoms with van der Waals surface area (Å²) in [6.45, 7) is 11.8. The number of carbonyl (C=O) groups excluding carboxylic acids is 1. The van der Waals surface area contributed by atoms with Crippen molar-refractivity contribution in [3.05, 3.63) is 69.2 Å². The van der Waals surface area contributed by atoms with E-state index in [0.717, 1.165) is 22.1 Å². The number of hydrogen-bond acceptors (Lipinski definition) is 3. The summed E-state index contributed by atoms with van der Waals surface area (Å²) in [5.74, 6) is -0.233. The molecule has 0 saturated heterocycles. The van der Waals surface area contributed by atoms with Gasteiger partial charge < -0.3 is 4.90 Å². The average Bonchev–Trinajstić information content (AvgIpc) is 2.62. The molecule has 2 aromatic carbocycles. The maximum atomic E-state index is 12.2. The molecule has 0 unspecified atom stereocenters. The number of hydrazone groups is 1. The lowest BCUT2D eigenvalue weighted by Crippen LogP contribution is -2.45. The van der Waals surface area contributed by atoms with Crippen LogP contribution in [0.15, 0.2) is 52.0 Å². The van der Waals surface area contributed by atoms with Gasteiger partial charge in [0.05, 0.1) is 11.8 Å². The Morgan fingerprint density at radius 3 is 2.68 bits per heavy atom. The molecule has 1 N–H and O–H groups in total. The number of nitrogens with zero attached hydrogens (tertiary/aromatic N) is 2. The van der Waals surface area contributed by atoms with Gasteiger partial charge in [-0.2, -0.15) is 5.10 Å². The van der Waals surface area contributed by atoms with E-state index in [4.69, 9.17) is 0 Å². The first kappa shape index (κ1) is 20.3. The molecule has 28 heavy (non-hydrogen) atoms. The van der Waals surface area contributed by atoms with E-state index < -0.39 is 0 Å². The molecule has 4 nitrogen and oxygen atoms in total. The second-order valence-electron chi connectivity index (χ2n) is 7.66. The molecule has 1 amide bonds. The van der Waals surface area contributed by atoms with E-state index in [1.807, 2.05) is 12.1 Å². The van der Waals surface area contributed by atoms with Crippen molar-refractivity contribution in [1.29, 1.82) is 0 Å². The zero-order chi connectivity index (χ0) is 20.5. The van der Waals surface area contributed by atoms with Gasteiger partial charge in [-0.05, 0) is 81.7 Å². The van der Waals surface area contributed by atoms with Crippen LogP contribution in [0.4, 0.5) is 5.69 Å². The topological polar surface area (TPSA) is 44.7 Å². The second-order valence-corrected chi connectivity index (χ2v) is 8.58. The molecule has 3 rings (SSSR count). The summed E-state index contributed by atoms with van der Waals surface area (Å²) in [6, 6.07) is 11.6. The number of benzene rings is 2. The number of fused-ring (bicyclic) bond motifs is 1. The molecule has 2 aromatic rings. The van der Waals surface area contributed by atoms with Crippen LogP contribution < -0.4 is 10.3 Å². The van der Waals surface area contributed by atoms with Crippen LogP contribution in [0, 0.1) is 6.92 Å². The normalized spacial score (nSPS) is 15.4. The SMILES string of the molecule is CCN1c2cc(C)c(/C=N\NC(=O)c3cccc(Br)c3)cc2C(C)=CC1(C)C. The van der Waals surface area contributed by atoms with E-state index in [0.29, 0.717) is 5.56 Å². The zero-order valence-electron chi connectivity index (χ0n) is 17.0. The van der Waals surface area contributed by atoms with Crippen LogP contribution in [0.2, 0.25) is 0 Å². The zero-order valence-corrected chi connectivity index (χ0v) is 18.6. The number of carbonyl (C=O) groups is 1. The molecule has 0 bridgehead atoms. The first-order valence-corrected chi connectivity index (χ1v) is 10.2. The van der Waals surface area contributed by atoms with Gasteiger partial charge in [0.25, 0.3) is 5.91 Å². The quantitative estimate of drug-likeness (QED) is 0.501. The molecule has 5 heteroatoms. The van der Waals surface area contributed by atoms with Gasteiger partial charge in [-0.15, -0.1) is 0 Å². The Morgan fingerprint density at radius 1 is 1.25 bits per heavy atom. The Hall–Kier alpha value is -2.40. The van der Waals surface area contributed by atoms with Gasteiger partial charge in [0.1, 0.15) is 0 Å². The van der Waals surface area contributed by atoms with Crippen LogP contribution in [-0.4, -0.2) is 24.2 Å². The van der Waals surface area contributed by atoms with Gasteiger partial charge in [-0.1, -0.05) is 28.1 Å². The summed E-state index contributed by atoms with van der Waals surface area (Å²) in [7, 11) is 0. The van der Waals surface area contributed by atoms with Crippen molar-refractivity contribution in [3.63, 3.8) is 0 Å². The number of hydrogen-bond donors (Lipinski definition) is 1. The molecule has 1 aliphatic heterocycles. The number of nitrogens with one attached hydrogen (secondary N) is 1. The van der Waals surface area contributed by atoms with Crippen LogP contribution >= 0.6 is 15.9 Å². The van der Waals surface area contributed by atoms with Crippen LogP contribution in [0.3, 0.4) is 0 Å². The van der Waals surface area contributed by atoms with Crippen molar-refractivity contribution in [2.45, 2.75) is 40.2 Å². The van der Waals surface area contributed by atoms with Crippen molar-refractivity contribution in [2.24, 2.45) is 5.10 Å². The molecule has 0 fully saturated rings. The van der Waals surface area contributed by atoms with Crippen molar-refractivity contribution < 1.29 is 4.79 Å². The van der Waals surface area contributed by atoms with E-state index >= 15 is 0 Å². The molecule has 0 radical (unpaired) electrons. The van der Waals surface area contributed by atoms with Crippen molar-refractivity contribution in [1.82, 2.24) is 5.43 Å². The molecule has 146 valence electrons. The van der Waals surface area contributed by atoms with Gasteiger partial charge >= 0.3 is 0 Å². The highest BCUT2D eigenvalue weighted by atomic mass is 79.9. The third-order valence-corrected chi connectivity index (χ3v) is 5.63. The molecular formula is C23H26BrN3O. The van der Waals surface area contributed by atoms with E-state index in [2.05, 4.69) is 84.2 Å². The lowest BCUT2D eigenvalue weighted by Gasteiger charge is -2.43. The maximum Gasteiger partial charge on any atom is 0.271 e. The predicted octanol–water partition coefficient (Wildman–Crippen LogP) is 5.54. The van der Waals surface area contributed by atoms with Crippen molar-refractivity contribution in [2.75, 3.05) is 11.4 Å². The standard InChI is InChI=1S/C23H26BrN3O/c1-6-27-21-10-15(2)18(12-20(21)16(3)13-23(27,4)5)14-25-26-22(28)17-8-7-9-19(24)11-17/h7-14H,6H2,1-5H3,(H,26,28)/b25-14-. The van der Waals surface area contributed by atoms with Crippen LogP contribution in [0.1, 0.15) is 54.7 Å². The van der Waals surface area contributed by atoms with Gasteiger partial charge in [-0.3, -0.25) is 4.79 Å². The first-order chi connectivity index (χ1) is 13.2. The summed E-state index contributed by atoms with van der Waals surface area (Å²) in [5.41, 5.74) is 9.02. The summed E-state index contributed by atoms with van der Waals surface area (Å²) < 4.78 is 0.861. The fourth-order valence-corrected chi connectivity index (χ4v) is 4.22. The highest BCUT2D eigenvalue weighted by Gasteiger charge is 2.30. The molecule has 1 aliphatic rings. The van der Waals surface area contributed by atoms with E-state index in [1.54, 1.807) is 18.3 Å². The minimum Gasteiger partial charge on any atom is -0.363 e. The van der Waals surface area contributed by atoms with Crippen LogP contribution in [0.25, 0.3) is 5.57 Å². The number of anilines is 1. The Labute approximate surface area is 175 Å². The van der Waals surface area contributed by atoms with E-state index in [9.17, 15) is 4.79 Å². The largest absolute Gasteiger partial charge is 0.363 e. The van der Waals surface area contributed by atoms with Gasteiger partial charge in [0.15, 0.2) is 0 Å². The maximum absolute atomic E-state index is 12.2. The minimum absolute atomic E-state index is 0.00812. The smallest absolute Gasteiger partial charge is 0.271 e. The third kappa shape index (κ3) is 4.04. The summed E-state index contributed by atoms with van der Waals surface area (Å²) in [5, 5.41) is 4.18. The second kappa shape index (κ2) is 7.92. The average molecular weight is 440 g/mol. The Balaban J connectivity index is 1.85. The highest BCUT2D eigenvalue weighted by Crippen LogP contribution is 2.39. The van der Waals surface area contributed by atoms with Gasteiger partial charge in [0, 0.05) is 27.8 Å². The predicted molar refractivity (Wildman–Crippen MR) is 121 cm³/mol. The van der Waals surface area contributed by atoms with Crippen molar-refractivity contribution in [3.8, 4) is 0 Å². The molecule has 0 spiro atoms. The highest BCUT2D eigenvalue weighted by molar-refractivity contribution is 9.10. The Morgan fingerprint density at radius 2 is 2.00 bits per heavy atom. The fourth-order valence-electron chi connectivity index (χ4n) is 3.82. The molecular weight excluding hydrogens is 414 g/mol. The third-order valence-electron chi connectivity index (χ3n) is 5.14. The fraction of sp³-hybridized carbons (Fsp3) is 0.304. The Kier molecular flexibility index (Phi) is 5.75. The first-order valence-electron chi connectivity index (χ1n) is 9.44. The lowest BCUT2D eigenvalue weighted by molar-refractivity contribution is 0.0955. The number of likely N-dealkylation sites (N-methyl/N-ethyl adjacent to an activating group) is 1. The summed E-state index contributed by atoms with van der Waals surface area (Å²) in [6.07, 6.45) is 4.03. The summed E-state index contributed by atoms with van der Waals surface area (Å²) >= 11 is 3.38. The Bertz CT molecular complexity index is 976. The van der Waals surface area contributed by atoms with Gasteiger partial charge in [0.2, 0.25) is 0 Å². The van der Waals surface area contributed by atoms with Crippen LogP contribution in [0.5, 0.6) is 0 Å². The number of amides is 1. The van der Waals surface area contributed by atoms with E-state index in [-0.39, 0.29) is 11.4 Å². The molecule has 1 heterocycles. The minimum atomic E-state index is -0.233. The van der Waals surface area contributed by atoms with Gasteiger partial charge in [-0.25, -0.2) is 5.43 Å². The number of allylic oxidation sites excluding steroid dienone is 1. The number of rotatable bonds is 4.